The maximum Gasteiger partial charge on any atom is 0.245 e. The maximum absolute atomic E-state index is 13.3. The van der Waals surface area contributed by atoms with Crippen LogP contribution in [0.15, 0.2) is 0 Å². The van der Waals surface area contributed by atoms with E-state index in [0.717, 1.165) is 58.0 Å². The van der Waals surface area contributed by atoms with Gasteiger partial charge in [-0.25, -0.2) is 0 Å². The van der Waals surface area contributed by atoms with Crippen LogP contribution >= 0.6 is 0 Å². The van der Waals surface area contributed by atoms with E-state index in [4.69, 9.17) is 5.73 Å². The zero-order valence-electron chi connectivity index (χ0n) is 35.0. The first-order chi connectivity index (χ1) is 25.7. The standard InChI is InChI=1S/C43H84N6O4/c1-5-7-8-9-10-11-12-13-14-15-16-17-18-19-20-21-23-29-39(50)45-31-26-22-24-30-40(51)46-32-27-25-28-38(47-42(52)41(44)37(3)6-2)43(53)49-35-33-48(4)34-36-49/h37-38,41H,5-36,44H2,1-4H3,(H,45,50)(H,46,51)(H,47,52)/t37-,38-,41-/m0/s1. The van der Waals surface area contributed by atoms with Crippen LogP contribution in [0.2, 0.25) is 0 Å². The Hall–Kier alpha value is -2.20. The van der Waals surface area contributed by atoms with Crippen LogP contribution in [0.25, 0.3) is 0 Å². The number of amides is 4. The Morgan fingerprint density at radius 2 is 1.00 bits per heavy atom. The molecule has 5 N–H and O–H groups in total. The Kier molecular flexibility index (Phi) is 30.5. The van der Waals surface area contributed by atoms with E-state index in [2.05, 4.69) is 27.8 Å². The van der Waals surface area contributed by atoms with Crippen LogP contribution in [0, 0.1) is 5.92 Å². The van der Waals surface area contributed by atoms with Gasteiger partial charge in [0.1, 0.15) is 6.04 Å². The number of nitrogens with one attached hydrogen (secondary N) is 3. The van der Waals surface area contributed by atoms with Crippen LogP contribution in [0.4, 0.5) is 0 Å². The molecule has 10 nitrogen and oxygen atoms in total. The first kappa shape index (κ1) is 48.8. The van der Waals surface area contributed by atoms with Gasteiger partial charge in [-0.15, -0.1) is 0 Å². The summed E-state index contributed by atoms with van der Waals surface area (Å²) >= 11 is 0. The number of likely N-dealkylation sites (N-methyl/N-ethyl adjacent to an activating group) is 1. The van der Waals surface area contributed by atoms with Crippen LogP contribution < -0.4 is 21.7 Å². The minimum atomic E-state index is -0.642. The van der Waals surface area contributed by atoms with Crippen molar-refractivity contribution >= 4 is 23.6 Å². The van der Waals surface area contributed by atoms with Gasteiger partial charge in [-0.2, -0.15) is 0 Å². The van der Waals surface area contributed by atoms with Gasteiger partial charge in [0.15, 0.2) is 0 Å². The third-order valence-corrected chi connectivity index (χ3v) is 11.1. The lowest BCUT2D eigenvalue weighted by Crippen LogP contribution is -2.56. The fourth-order valence-electron chi connectivity index (χ4n) is 6.99. The van der Waals surface area contributed by atoms with E-state index in [0.29, 0.717) is 51.9 Å². The number of carbonyl (C=O) groups excluding carboxylic acids is 4. The van der Waals surface area contributed by atoms with Gasteiger partial charge in [0.2, 0.25) is 23.6 Å². The Morgan fingerprint density at radius 3 is 1.45 bits per heavy atom. The average Bonchev–Trinajstić information content (AvgIpc) is 3.16. The molecule has 3 atom stereocenters. The summed E-state index contributed by atoms with van der Waals surface area (Å²) in [6.07, 6.45) is 29.2. The number of piperazine rings is 1. The molecule has 310 valence electrons. The summed E-state index contributed by atoms with van der Waals surface area (Å²) in [5.74, 6) is -0.102. The van der Waals surface area contributed by atoms with Crippen molar-refractivity contribution in [3.8, 4) is 0 Å². The lowest BCUT2D eigenvalue weighted by atomic mass is 9.98. The van der Waals surface area contributed by atoms with Crippen molar-refractivity contribution in [1.82, 2.24) is 25.8 Å². The molecule has 1 saturated heterocycles. The molecule has 1 aliphatic heterocycles. The fourth-order valence-corrected chi connectivity index (χ4v) is 6.99. The largest absolute Gasteiger partial charge is 0.356 e. The molecule has 0 aromatic carbocycles. The number of hydrogen-bond donors (Lipinski definition) is 4. The summed E-state index contributed by atoms with van der Waals surface area (Å²) < 4.78 is 0. The number of nitrogens with zero attached hydrogens (tertiary/aromatic N) is 2. The molecule has 0 bridgehead atoms. The molecule has 0 unspecified atom stereocenters. The Labute approximate surface area is 325 Å². The highest BCUT2D eigenvalue weighted by molar-refractivity contribution is 5.90. The minimum absolute atomic E-state index is 0.0331. The zero-order chi connectivity index (χ0) is 38.9. The van der Waals surface area contributed by atoms with Crippen molar-refractivity contribution in [2.24, 2.45) is 11.7 Å². The molecule has 4 amide bonds. The van der Waals surface area contributed by atoms with E-state index < -0.39 is 12.1 Å². The third-order valence-electron chi connectivity index (χ3n) is 11.1. The summed E-state index contributed by atoms with van der Waals surface area (Å²) in [4.78, 5) is 54.7. The topological polar surface area (TPSA) is 137 Å². The highest BCUT2D eigenvalue weighted by Gasteiger charge is 2.30. The molecule has 1 aliphatic rings. The second kappa shape index (κ2) is 33.2. The molecular weight excluding hydrogens is 665 g/mol. The third kappa shape index (κ3) is 26.3. The van der Waals surface area contributed by atoms with Crippen molar-refractivity contribution in [3.63, 3.8) is 0 Å². The summed E-state index contributed by atoms with van der Waals surface area (Å²) in [6, 6.07) is -1.24. The first-order valence-corrected chi connectivity index (χ1v) is 22.3. The monoisotopic (exact) mass is 749 g/mol. The van der Waals surface area contributed by atoms with Crippen LogP contribution in [0.1, 0.15) is 188 Å². The zero-order valence-corrected chi connectivity index (χ0v) is 35.0. The SMILES string of the molecule is CCCCCCCCCCCCCCCCCCCC(=O)NCCCCCC(=O)NCCCC[C@H](NC(=O)[C@@H](N)[C@@H](C)CC)C(=O)N1CCN(C)CC1. The molecule has 0 aromatic heterocycles. The lowest BCUT2D eigenvalue weighted by Gasteiger charge is -2.35. The minimum Gasteiger partial charge on any atom is -0.356 e. The van der Waals surface area contributed by atoms with E-state index >= 15 is 0 Å². The van der Waals surface area contributed by atoms with Crippen LogP contribution in [0.3, 0.4) is 0 Å². The number of rotatable bonds is 34. The molecule has 0 aromatic rings. The normalized spacial score (nSPS) is 15.2. The summed E-state index contributed by atoms with van der Waals surface area (Å²) in [5, 5.41) is 8.97. The summed E-state index contributed by atoms with van der Waals surface area (Å²) in [6.45, 7) is 10.4. The number of nitrogens with two attached hydrogens (primary N) is 1. The van der Waals surface area contributed by atoms with E-state index in [1.807, 2.05) is 25.8 Å². The Morgan fingerprint density at radius 1 is 0.585 bits per heavy atom. The van der Waals surface area contributed by atoms with E-state index in [1.54, 1.807) is 0 Å². The van der Waals surface area contributed by atoms with Gasteiger partial charge >= 0.3 is 0 Å². The van der Waals surface area contributed by atoms with Crippen molar-refractivity contribution < 1.29 is 19.2 Å². The van der Waals surface area contributed by atoms with Crippen molar-refractivity contribution in [1.29, 1.82) is 0 Å². The highest BCUT2D eigenvalue weighted by atomic mass is 16.2. The lowest BCUT2D eigenvalue weighted by molar-refractivity contribution is -0.138. The van der Waals surface area contributed by atoms with Gasteiger partial charge in [0.25, 0.3) is 0 Å². The number of unbranched alkanes of at least 4 members (excludes halogenated alkanes) is 19. The molecule has 1 heterocycles. The van der Waals surface area contributed by atoms with Crippen LogP contribution in [-0.2, 0) is 19.2 Å². The van der Waals surface area contributed by atoms with Gasteiger partial charge in [0, 0.05) is 52.1 Å². The maximum atomic E-state index is 13.3. The Bertz CT molecular complexity index is 942. The van der Waals surface area contributed by atoms with Gasteiger partial charge in [-0.1, -0.05) is 136 Å². The van der Waals surface area contributed by atoms with E-state index in [-0.39, 0.29) is 29.5 Å². The predicted octanol–water partition coefficient (Wildman–Crippen LogP) is 7.62. The smallest absolute Gasteiger partial charge is 0.245 e. The highest BCUT2D eigenvalue weighted by Crippen LogP contribution is 2.15. The first-order valence-electron chi connectivity index (χ1n) is 22.3. The van der Waals surface area contributed by atoms with Crippen LogP contribution in [-0.4, -0.2) is 91.8 Å². The quantitative estimate of drug-likeness (QED) is 0.0500. The molecule has 0 saturated carbocycles. The fraction of sp³-hybridized carbons (Fsp3) is 0.907. The molecule has 1 fully saturated rings. The van der Waals surface area contributed by atoms with Gasteiger partial charge in [-0.3, -0.25) is 19.2 Å². The molecule has 53 heavy (non-hydrogen) atoms. The molecular formula is C43H84N6O4. The van der Waals surface area contributed by atoms with E-state index in [1.165, 1.54) is 96.3 Å². The van der Waals surface area contributed by atoms with Crippen molar-refractivity contribution in [2.75, 3.05) is 46.3 Å². The molecule has 0 aliphatic carbocycles. The number of carbonyl (C=O) groups is 4. The Balaban J connectivity index is 2.02. The number of hydrogen-bond acceptors (Lipinski definition) is 6. The van der Waals surface area contributed by atoms with Gasteiger partial charge < -0.3 is 31.5 Å². The van der Waals surface area contributed by atoms with Gasteiger partial charge in [0.05, 0.1) is 6.04 Å². The summed E-state index contributed by atoms with van der Waals surface area (Å²) in [5.41, 5.74) is 6.16. The van der Waals surface area contributed by atoms with Gasteiger partial charge in [-0.05, 0) is 51.5 Å². The molecule has 10 heteroatoms. The molecule has 1 rings (SSSR count). The summed E-state index contributed by atoms with van der Waals surface area (Å²) in [7, 11) is 2.05. The van der Waals surface area contributed by atoms with E-state index in [9.17, 15) is 19.2 Å². The molecule has 0 spiro atoms. The van der Waals surface area contributed by atoms with Crippen molar-refractivity contribution in [2.45, 2.75) is 200 Å². The van der Waals surface area contributed by atoms with Crippen molar-refractivity contribution in [3.05, 3.63) is 0 Å². The van der Waals surface area contributed by atoms with Crippen LogP contribution in [0.5, 0.6) is 0 Å². The predicted molar refractivity (Wildman–Crippen MR) is 221 cm³/mol. The second-order valence-corrected chi connectivity index (χ2v) is 16.0. The molecule has 0 radical (unpaired) electrons. The average molecular weight is 749 g/mol. The second-order valence-electron chi connectivity index (χ2n) is 16.0.